The molecule has 0 unspecified atom stereocenters. The van der Waals surface area contributed by atoms with Crippen LogP contribution in [0.3, 0.4) is 0 Å². The number of urea groups is 1. The van der Waals surface area contributed by atoms with Gasteiger partial charge in [0.1, 0.15) is 5.82 Å². The Bertz CT molecular complexity index is 671. The van der Waals surface area contributed by atoms with E-state index < -0.39 is 17.2 Å². The molecule has 0 saturated carbocycles. The van der Waals surface area contributed by atoms with E-state index in [0.29, 0.717) is 11.6 Å². The first-order valence-electron chi connectivity index (χ1n) is 6.66. The maximum Gasteiger partial charge on any atom is 0.318 e. The Balaban J connectivity index is 2.04. The van der Waals surface area contributed by atoms with Crippen LogP contribution in [-0.4, -0.2) is 32.0 Å². The summed E-state index contributed by atoms with van der Waals surface area (Å²) in [5.74, 6) is 0.348. The predicted octanol–water partition coefficient (Wildman–Crippen LogP) is 1.08. The van der Waals surface area contributed by atoms with Crippen LogP contribution in [0.2, 0.25) is 0 Å². The van der Waals surface area contributed by atoms with Crippen LogP contribution in [0.25, 0.3) is 0 Å². The van der Waals surface area contributed by atoms with Crippen LogP contribution in [0.15, 0.2) is 35.5 Å². The third kappa shape index (κ3) is 4.08. The number of imide groups is 1. The Morgan fingerprint density at radius 1 is 1.32 bits per heavy atom. The SMILES string of the molecule is C[C@@H](Sc1nnc(Cc2ccccc2)n1C)C(=O)NC(N)=O. The summed E-state index contributed by atoms with van der Waals surface area (Å²) < 4.78 is 1.84. The average molecular weight is 319 g/mol. The van der Waals surface area contributed by atoms with E-state index in [4.69, 9.17) is 5.73 Å². The number of benzene rings is 1. The summed E-state index contributed by atoms with van der Waals surface area (Å²) in [7, 11) is 1.85. The summed E-state index contributed by atoms with van der Waals surface area (Å²) in [5.41, 5.74) is 6.06. The second-order valence-electron chi connectivity index (χ2n) is 4.73. The second-order valence-corrected chi connectivity index (χ2v) is 6.04. The molecule has 1 aromatic carbocycles. The van der Waals surface area contributed by atoms with E-state index >= 15 is 0 Å². The highest BCUT2D eigenvalue weighted by atomic mass is 32.2. The van der Waals surface area contributed by atoms with Gasteiger partial charge >= 0.3 is 6.03 Å². The number of amides is 3. The molecule has 1 atom stereocenters. The van der Waals surface area contributed by atoms with Gasteiger partial charge in [-0.05, 0) is 12.5 Å². The first-order valence-corrected chi connectivity index (χ1v) is 7.54. The van der Waals surface area contributed by atoms with Crippen molar-refractivity contribution in [1.82, 2.24) is 20.1 Å². The largest absolute Gasteiger partial charge is 0.351 e. The fraction of sp³-hybridized carbons (Fsp3) is 0.286. The maximum atomic E-state index is 11.7. The fourth-order valence-corrected chi connectivity index (χ4v) is 2.65. The van der Waals surface area contributed by atoms with E-state index in [1.54, 1.807) is 6.92 Å². The normalized spacial score (nSPS) is 11.9. The number of thioether (sulfide) groups is 1. The van der Waals surface area contributed by atoms with Gasteiger partial charge in [0, 0.05) is 13.5 Å². The Morgan fingerprint density at radius 2 is 2.00 bits per heavy atom. The zero-order valence-electron chi connectivity index (χ0n) is 12.3. The van der Waals surface area contributed by atoms with Gasteiger partial charge in [0.05, 0.1) is 5.25 Å². The summed E-state index contributed by atoms with van der Waals surface area (Å²) >= 11 is 1.22. The molecule has 0 spiro atoms. The number of rotatable bonds is 5. The van der Waals surface area contributed by atoms with Crippen LogP contribution in [0.1, 0.15) is 18.3 Å². The van der Waals surface area contributed by atoms with E-state index in [-0.39, 0.29) is 0 Å². The highest BCUT2D eigenvalue weighted by Crippen LogP contribution is 2.22. The van der Waals surface area contributed by atoms with Gasteiger partial charge in [0.25, 0.3) is 0 Å². The molecule has 1 aromatic heterocycles. The monoisotopic (exact) mass is 319 g/mol. The minimum Gasteiger partial charge on any atom is -0.351 e. The van der Waals surface area contributed by atoms with Crippen LogP contribution < -0.4 is 11.1 Å². The standard InChI is InChI=1S/C14H17N5O2S/c1-9(12(20)16-13(15)21)22-14-18-17-11(19(14)2)8-10-6-4-3-5-7-10/h3-7,9H,8H2,1-2H3,(H3,15,16,20,21)/t9-/m1/s1. The van der Waals surface area contributed by atoms with Crippen molar-refractivity contribution >= 4 is 23.7 Å². The summed E-state index contributed by atoms with van der Waals surface area (Å²) in [6, 6.07) is 9.07. The van der Waals surface area contributed by atoms with Gasteiger partial charge in [-0.1, -0.05) is 42.1 Å². The molecule has 0 bridgehead atoms. The molecule has 8 heteroatoms. The number of hydrogen-bond donors (Lipinski definition) is 2. The number of nitrogens with two attached hydrogens (primary N) is 1. The minimum atomic E-state index is -0.861. The Labute approximate surface area is 132 Å². The molecule has 2 aromatic rings. The number of nitrogens with zero attached hydrogens (tertiary/aromatic N) is 3. The molecule has 2 rings (SSSR count). The Kier molecular flexibility index (Phi) is 5.16. The molecule has 1 heterocycles. The topological polar surface area (TPSA) is 103 Å². The van der Waals surface area contributed by atoms with Gasteiger partial charge in [-0.25, -0.2) is 4.79 Å². The van der Waals surface area contributed by atoms with Crippen molar-refractivity contribution in [3.8, 4) is 0 Å². The summed E-state index contributed by atoms with van der Waals surface area (Å²) in [5, 5.41) is 10.4. The van der Waals surface area contributed by atoms with Crippen LogP contribution in [0.4, 0.5) is 4.79 Å². The average Bonchev–Trinajstić information content (AvgIpc) is 2.80. The zero-order valence-corrected chi connectivity index (χ0v) is 13.1. The quantitative estimate of drug-likeness (QED) is 0.803. The van der Waals surface area contributed by atoms with Gasteiger partial charge in [0.15, 0.2) is 5.16 Å². The third-order valence-electron chi connectivity index (χ3n) is 3.03. The van der Waals surface area contributed by atoms with E-state index in [0.717, 1.165) is 11.4 Å². The van der Waals surface area contributed by atoms with Crippen molar-refractivity contribution in [3.05, 3.63) is 41.7 Å². The number of carbonyl (C=O) groups is 2. The van der Waals surface area contributed by atoms with Gasteiger partial charge in [0.2, 0.25) is 5.91 Å². The zero-order chi connectivity index (χ0) is 16.1. The van der Waals surface area contributed by atoms with E-state index in [9.17, 15) is 9.59 Å². The first-order chi connectivity index (χ1) is 10.5. The van der Waals surface area contributed by atoms with Crippen molar-refractivity contribution in [3.63, 3.8) is 0 Å². The van der Waals surface area contributed by atoms with Crippen molar-refractivity contribution < 1.29 is 9.59 Å². The van der Waals surface area contributed by atoms with Crippen LogP contribution in [0.5, 0.6) is 0 Å². The summed E-state index contributed by atoms with van der Waals surface area (Å²) in [4.78, 5) is 22.4. The van der Waals surface area contributed by atoms with Crippen molar-refractivity contribution in [2.45, 2.75) is 23.8 Å². The summed E-state index contributed by atoms with van der Waals surface area (Å²) in [6.45, 7) is 1.68. The Morgan fingerprint density at radius 3 is 2.64 bits per heavy atom. The van der Waals surface area contributed by atoms with Crippen LogP contribution in [-0.2, 0) is 18.3 Å². The molecule has 3 amide bonds. The Hall–Kier alpha value is -2.35. The fourth-order valence-electron chi connectivity index (χ4n) is 1.81. The number of nitrogens with one attached hydrogen (secondary N) is 1. The van der Waals surface area contributed by atoms with E-state index in [1.807, 2.05) is 41.9 Å². The number of primary amides is 1. The van der Waals surface area contributed by atoms with Gasteiger partial charge in [-0.3, -0.25) is 10.1 Å². The number of aromatic nitrogens is 3. The van der Waals surface area contributed by atoms with E-state index in [1.165, 1.54) is 11.8 Å². The molecular weight excluding hydrogens is 302 g/mol. The van der Waals surface area contributed by atoms with Gasteiger partial charge < -0.3 is 10.3 Å². The highest BCUT2D eigenvalue weighted by molar-refractivity contribution is 8.00. The lowest BCUT2D eigenvalue weighted by Crippen LogP contribution is -2.39. The van der Waals surface area contributed by atoms with Gasteiger partial charge in [-0.15, -0.1) is 10.2 Å². The van der Waals surface area contributed by atoms with E-state index in [2.05, 4.69) is 15.5 Å². The molecular formula is C14H17N5O2S. The van der Waals surface area contributed by atoms with Crippen molar-refractivity contribution in [2.24, 2.45) is 12.8 Å². The number of hydrogen-bond acceptors (Lipinski definition) is 5. The molecule has 0 aliphatic rings. The first kappa shape index (κ1) is 16.0. The molecule has 22 heavy (non-hydrogen) atoms. The molecule has 0 aliphatic heterocycles. The number of carbonyl (C=O) groups excluding carboxylic acids is 2. The highest BCUT2D eigenvalue weighted by Gasteiger charge is 2.19. The molecule has 0 radical (unpaired) electrons. The molecule has 0 aliphatic carbocycles. The lowest BCUT2D eigenvalue weighted by molar-refractivity contribution is -0.119. The van der Waals surface area contributed by atoms with Crippen molar-refractivity contribution in [2.75, 3.05) is 0 Å². The maximum absolute atomic E-state index is 11.7. The lowest BCUT2D eigenvalue weighted by atomic mass is 10.1. The van der Waals surface area contributed by atoms with Crippen molar-refractivity contribution in [1.29, 1.82) is 0 Å². The smallest absolute Gasteiger partial charge is 0.318 e. The predicted molar refractivity (Wildman–Crippen MR) is 83.3 cm³/mol. The van der Waals surface area contributed by atoms with Gasteiger partial charge in [-0.2, -0.15) is 0 Å². The third-order valence-corrected chi connectivity index (χ3v) is 4.16. The molecule has 7 nitrogen and oxygen atoms in total. The molecule has 0 saturated heterocycles. The molecule has 116 valence electrons. The lowest BCUT2D eigenvalue weighted by Gasteiger charge is -2.09. The molecule has 0 fully saturated rings. The summed E-state index contributed by atoms with van der Waals surface area (Å²) in [6.07, 6.45) is 0.659. The van der Waals surface area contributed by atoms with Crippen LogP contribution in [0, 0.1) is 0 Å². The minimum absolute atomic E-state index is 0.454. The molecule has 3 N–H and O–H groups in total. The van der Waals surface area contributed by atoms with Crippen LogP contribution >= 0.6 is 11.8 Å². The second kappa shape index (κ2) is 7.08.